The van der Waals surface area contributed by atoms with Crippen molar-refractivity contribution in [1.29, 1.82) is 0 Å². The number of nitrogens with zero attached hydrogens (tertiary/aromatic N) is 3. The average molecular weight is 295 g/mol. The molecule has 0 bridgehead atoms. The Morgan fingerprint density at radius 1 is 1.56 bits per heavy atom. The summed E-state index contributed by atoms with van der Waals surface area (Å²) in [6, 6.07) is 0.371. The van der Waals surface area contributed by atoms with Crippen LogP contribution in [0.25, 0.3) is 0 Å². The van der Waals surface area contributed by atoms with Crippen LogP contribution in [-0.4, -0.2) is 46.5 Å². The van der Waals surface area contributed by atoms with Gasteiger partial charge < -0.3 is 14.8 Å². The highest BCUT2D eigenvalue weighted by Crippen LogP contribution is 2.08. The van der Waals surface area contributed by atoms with Crippen molar-refractivity contribution in [3.8, 4) is 0 Å². The van der Waals surface area contributed by atoms with E-state index in [0.717, 1.165) is 19.5 Å². The van der Waals surface area contributed by atoms with Crippen molar-refractivity contribution in [3.63, 3.8) is 0 Å². The van der Waals surface area contributed by atoms with Gasteiger partial charge in [0.1, 0.15) is 0 Å². The molecule has 5 nitrogen and oxygen atoms in total. The number of nitrogens with one attached hydrogen (secondary N) is 1. The number of hydrogen-bond donors (Lipinski definition) is 1. The molecule has 7 heteroatoms. The second kappa shape index (κ2) is 8.34. The highest BCUT2D eigenvalue weighted by Gasteiger charge is 2.22. The maximum absolute atomic E-state index is 11.9. The summed E-state index contributed by atoms with van der Waals surface area (Å²) in [4.78, 5) is 17.7. The SMILES string of the molecule is CN(C(=O)CCn1ccnc1)C1CCNC1.Cl.Cl. The van der Waals surface area contributed by atoms with Crippen molar-refractivity contribution in [2.45, 2.75) is 25.4 Å². The summed E-state index contributed by atoms with van der Waals surface area (Å²) in [6.45, 7) is 2.65. The van der Waals surface area contributed by atoms with Gasteiger partial charge in [-0.2, -0.15) is 0 Å². The number of imidazole rings is 1. The lowest BCUT2D eigenvalue weighted by molar-refractivity contribution is -0.131. The van der Waals surface area contributed by atoms with Gasteiger partial charge in [-0.1, -0.05) is 0 Å². The fourth-order valence-electron chi connectivity index (χ4n) is 1.99. The molecule has 18 heavy (non-hydrogen) atoms. The first-order valence-corrected chi connectivity index (χ1v) is 5.69. The maximum Gasteiger partial charge on any atom is 0.224 e. The summed E-state index contributed by atoms with van der Waals surface area (Å²) < 4.78 is 1.93. The molecule has 1 N–H and O–H groups in total. The van der Waals surface area contributed by atoms with E-state index in [2.05, 4.69) is 10.3 Å². The predicted octanol–water partition coefficient (Wildman–Crippen LogP) is 0.937. The number of carbonyl (C=O) groups excluding carboxylic acids is 1. The van der Waals surface area contributed by atoms with Gasteiger partial charge in [-0.15, -0.1) is 24.8 Å². The molecule has 0 aliphatic carbocycles. The largest absolute Gasteiger partial charge is 0.341 e. The fraction of sp³-hybridized carbons (Fsp3) is 0.636. The minimum Gasteiger partial charge on any atom is -0.341 e. The van der Waals surface area contributed by atoms with Gasteiger partial charge in [-0.05, 0) is 13.0 Å². The Labute approximate surface area is 120 Å². The number of halogens is 2. The van der Waals surface area contributed by atoms with Gasteiger partial charge in [0.15, 0.2) is 0 Å². The minimum absolute atomic E-state index is 0. The number of carbonyl (C=O) groups is 1. The smallest absolute Gasteiger partial charge is 0.224 e. The summed E-state index contributed by atoms with van der Waals surface area (Å²) in [5.41, 5.74) is 0. The zero-order valence-corrected chi connectivity index (χ0v) is 12.0. The molecule has 0 saturated carbocycles. The predicted molar refractivity (Wildman–Crippen MR) is 75.4 cm³/mol. The summed E-state index contributed by atoms with van der Waals surface area (Å²) in [6.07, 6.45) is 6.96. The maximum atomic E-state index is 11.9. The fourth-order valence-corrected chi connectivity index (χ4v) is 1.99. The monoisotopic (exact) mass is 294 g/mol. The zero-order chi connectivity index (χ0) is 11.4. The van der Waals surface area contributed by atoms with E-state index in [0.29, 0.717) is 19.0 Å². The van der Waals surface area contributed by atoms with E-state index < -0.39 is 0 Å². The molecule has 1 aliphatic rings. The van der Waals surface area contributed by atoms with Crippen LogP contribution in [0.1, 0.15) is 12.8 Å². The van der Waals surface area contributed by atoms with E-state index in [9.17, 15) is 4.79 Å². The Morgan fingerprint density at radius 3 is 2.89 bits per heavy atom. The van der Waals surface area contributed by atoms with Crippen molar-refractivity contribution >= 4 is 30.7 Å². The Hall–Kier alpha value is -0.780. The third-order valence-electron chi connectivity index (χ3n) is 3.12. The van der Waals surface area contributed by atoms with Gasteiger partial charge in [-0.25, -0.2) is 4.98 Å². The van der Waals surface area contributed by atoms with Crippen LogP contribution in [0.5, 0.6) is 0 Å². The van der Waals surface area contributed by atoms with Crippen LogP contribution < -0.4 is 5.32 Å². The number of likely N-dealkylation sites (N-methyl/N-ethyl adjacent to an activating group) is 1. The van der Waals surface area contributed by atoms with Gasteiger partial charge in [0, 0.05) is 45.0 Å². The molecule has 0 radical (unpaired) electrons. The number of hydrogen-bond acceptors (Lipinski definition) is 3. The summed E-state index contributed by atoms with van der Waals surface area (Å²) >= 11 is 0. The van der Waals surface area contributed by atoms with Crippen LogP contribution in [0.2, 0.25) is 0 Å². The lowest BCUT2D eigenvalue weighted by Gasteiger charge is -2.23. The van der Waals surface area contributed by atoms with Crippen LogP contribution in [-0.2, 0) is 11.3 Å². The van der Waals surface area contributed by atoms with E-state index in [1.54, 1.807) is 12.5 Å². The van der Waals surface area contributed by atoms with Gasteiger partial charge in [0.25, 0.3) is 0 Å². The molecule has 1 atom stereocenters. The molecule has 1 amide bonds. The van der Waals surface area contributed by atoms with Crippen LogP contribution in [0.15, 0.2) is 18.7 Å². The molecule has 2 heterocycles. The van der Waals surface area contributed by atoms with Gasteiger partial charge >= 0.3 is 0 Å². The van der Waals surface area contributed by atoms with Crippen molar-refractivity contribution in [2.24, 2.45) is 0 Å². The molecule has 104 valence electrons. The van der Waals surface area contributed by atoms with Crippen molar-refractivity contribution in [2.75, 3.05) is 20.1 Å². The first-order valence-electron chi connectivity index (χ1n) is 5.69. The third kappa shape index (κ3) is 4.48. The lowest BCUT2D eigenvalue weighted by atomic mass is 10.2. The first kappa shape index (κ1) is 17.2. The lowest BCUT2D eigenvalue weighted by Crippen LogP contribution is -2.38. The molecule has 1 fully saturated rings. The van der Waals surface area contributed by atoms with Crippen LogP contribution in [0.4, 0.5) is 0 Å². The summed E-state index contributed by atoms with van der Waals surface area (Å²) in [5.74, 6) is 0.211. The van der Waals surface area contributed by atoms with Crippen LogP contribution in [0, 0.1) is 0 Å². The van der Waals surface area contributed by atoms with E-state index in [4.69, 9.17) is 0 Å². The summed E-state index contributed by atoms with van der Waals surface area (Å²) in [7, 11) is 1.90. The van der Waals surface area contributed by atoms with E-state index in [1.165, 1.54) is 0 Å². The molecule has 0 spiro atoms. The Morgan fingerprint density at radius 2 is 2.33 bits per heavy atom. The van der Waals surface area contributed by atoms with Gasteiger partial charge in [-0.3, -0.25) is 4.79 Å². The quantitative estimate of drug-likeness (QED) is 0.899. The number of amides is 1. The molecule has 1 unspecified atom stereocenters. The van der Waals surface area contributed by atoms with Crippen molar-refractivity contribution in [3.05, 3.63) is 18.7 Å². The van der Waals surface area contributed by atoms with E-state index >= 15 is 0 Å². The highest BCUT2D eigenvalue weighted by molar-refractivity contribution is 5.85. The zero-order valence-electron chi connectivity index (χ0n) is 10.4. The molecular weight excluding hydrogens is 275 g/mol. The molecule has 1 saturated heterocycles. The van der Waals surface area contributed by atoms with E-state index in [1.807, 2.05) is 22.7 Å². The molecular formula is C11H20Cl2N4O. The highest BCUT2D eigenvalue weighted by atomic mass is 35.5. The topological polar surface area (TPSA) is 50.2 Å². The molecule has 1 aliphatic heterocycles. The normalized spacial score (nSPS) is 17.7. The number of rotatable bonds is 4. The van der Waals surface area contributed by atoms with E-state index in [-0.39, 0.29) is 30.7 Å². The third-order valence-corrected chi connectivity index (χ3v) is 3.12. The number of aromatic nitrogens is 2. The Kier molecular flexibility index (Phi) is 7.98. The van der Waals surface area contributed by atoms with Crippen LogP contribution in [0.3, 0.4) is 0 Å². The van der Waals surface area contributed by atoms with Crippen LogP contribution >= 0.6 is 24.8 Å². The number of aryl methyl sites for hydroxylation is 1. The molecule has 1 aromatic heterocycles. The van der Waals surface area contributed by atoms with Crippen molar-refractivity contribution in [1.82, 2.24) is 19.8 Å². The average Bonchev–Trinajstić information content (AvgIpc) is 2.96. The first-order chi connectivity index (χ1) is 7.77. The molecule has 0 aromatic carbocycles. The minimum atomic E-state index is 0. The van der Waals surface area contributed by atoms with Gasteiger partial charge in [0.05, 0.1) is 6.33 Å². The van der Waals surface area contributed by atoms with Crippen molar-refractivity contribution < 1.29 is 4.79 Å². The second-order valence-electron chi connectivity index (χ2n) is 4.20. The summed E-state index contributed by atoms with van der Waals surface area (Å²) in [5, 5.41) is 3.27. The Balaban J connectivity index is 0.00000144. The molecule has 2 rings (SSSR count). The Bertz CT molecular complexity index is 339. The van der Waals surface area contributed by atoms with Gasteiger partial charge in [0.2, 0.25) is 5.91 Å². The second-order valence-corrected chi connectivity index (χ2v) is 4.20. The standard InChI is InChI=1S/C11H18N4O.2ClH/c1-14(10-2-4-12-8-10)11(16)3-6-15-7-5-13-9-15;;/h5,7,9-10,12H,2-4,6,8H2,1H3;2*1H. The molecule has 1 aromatic rings.